The lowest BCUT2D eigenvalue weighted by Gasteiger charge is -2.25. The van der Waals surface area contributed by atoms with Crippen LogP contribution < -0.4 is 60.2 Å². The van der Waals surface area contributed by atoms with Gasteiger partial charge in [-0.25, -0.2) is 9.59 Å². The van der Waals surface area contributed by atoms with Crippen molar-refractivity contribution in [2.75, 3.05) is 26.2 Å². The fraction of sp³-hybridized carbons (Fsp3) is 0.500. The Balaban J connectivity index is 2.27. The Morgan fingerprint density at radius 1 is 0.646 bits per heavy atom. The number of nitrogens with one attached hydrogen (secondary N) is 7. The number of rotatable bonds is 29. The summed E-state index contributed by atoms with van der Waals surface area (Å²) < 4.78 is 0. The largest absolute Gasteiger partial charge is 0.508 e. The van der Waals surface area contributed by atoms with Gasteiger partial charge in [0.15, 0.2) is 5.96 Å². The summed E-state index contributed by atoms with van der Waals surface area (Å²) in [6.45, 7) is 2.19. The molecular formula is C42H64N12O11. The molecule has 0 aromatic heterocycles. The van der Waals surface area contributed by atoms with Crippen LogP contribution >= 0.6 is 0 Å². The highest BCUT2D eigenvalue weighted by Crippen LogP contribution is 2.14. The molecule has 2 aromatic rings. The zero-order valence-corrected chi connectivity index (χ0v) is 36.6. The molecule has 358 valence electrons. The average Bonchev–Trinajstić information content (AvgIpc) is 3.25. The molecule has 2 rings (SSSR count). The number of nitrogens with zero attached hydrogens (tertiary/aromatic N) is 1. The summed E-state index contributed by atoms with van der Waals surface area (Å²) >= 11 is 0. The molecule has 18 N–H and O–H groups in total. The number of hydrogen-bond acceptors (Lipinski definition) is 12. The van der Waals surface area contributed by atoms with E-state index in [1.54, 1.807) is 32.0 Å². The summed E-state index contributed by atoms with van der Waals surface area (Å²) in [6.07, 6.45) is 0.771. The molecule has 0 aliphatic heterocycles. The van der Waals surface area contributed by atoms with E-state index in [0.29, 0.717) is 12.0 Å². The van der Waals surface area contributed by atoms with Gasteiger partial charge in [0.2, 0.25) is 35.4 Å². The molecular weight excluding hydrogens is 849 g/mol. The zero-order valence-electron chi connectivity index (χ0n) is 36.6. The molecule has 0 bridgehead atoms. The molecule has 6 atom stereocenters. The van der Waals surface area contributed by atoms with Gasteiger partial charge in [0, 0.05) is 19.5 Å². The Morgan fingerprint density at radius 3 is 1.83 bits per heavy atom. The number of benzene rings is 2. The number of phenols is 1. The van der Waals surface area contributed by atoms with Gasteiger partial charge in [-0.2, -0.15) is 0 Å². The van der Waals surface area contributed by atoms with Crippen molar-refractivity contribution >= 4 is 53.4 Å². The quantitative estimate of drug-likeness (QED) is 0.0221. The molecule has 0 aliphatic rings. The van der Waals surface area contributed by atoms with Crippen molar-refractivity contribution in [2.45, 2.75) is 101 Å². The smallest absolute Gasteiger partial charge is 0.326 e. The molecule has 0 aliphatic carbocycles. The predicted octanol–water partition coefficient (Wildman–Crippen LogP) is -2.94. The molecule has 23 nitrogen and oxygen atoms in total. The Kier molecular flexibility index (Phi) is 23.8. The second-order valence-electron chi connectivity index (χ2n) is 15.6. The molecule has 2 aromatic carbocycles. The van der Waals surface area contributed by atoms with Crippen LogP contribution in [-0.4, -0.2) is 131 Å². The molecule has 0 spiro atoms. The lowest BCUT2D eigenvalue weighted by Crippen LogP contribution is -2.58. The molecule has 0 unspecified atom stereocenters. The van der Waals surface area contributed by atoms with Gasteiger partial charge in [0.25, 0.3) is 0 Å². The van der Waals surface area contributed by atoms with E-state index in [1.807, 2.05) is 12.1 Å². The van der Waals surface area contributed by atoms with Crippen LogP contribution in [0, 0.1) is 5.92 Å². The number of carbonyl (C=O) groups excluding carboxylic acids is 7. The van der Waals surface area contributed by atoms with E-state index in [9.17, 15) is 53.7 Å². The van der Waals surface area contributed by atoms with Crippen LogP contribution in [0.5, 0.6) is 5.75 Å². The minimum Gasteiger partial charge on any atom is -0.508 e. The summed E-state index contributed by atoms with van der Waals surface area (Å²) in [7, 11) is 0. The lowest BCUT2D eigenvalue weighted by atomic mass is 10.0. The number of aromatic hydroxyl groups is 1. The highest BCUT2D eigenvalue weighted by molar-refractivity contribution is 5.96. The van der Waals surface area contributed by atoms with E-state index in [0.717, 1.165) is 5.56 Å². The van der Waals surface area contributed by atoms with Crippen LogP contribution in [0.25, 0.3) is 0 Å². The summed E-state index contributed by atoms with van der Waals surface area (Å²) in [6, 6.07) is 6.11. The predicted molar refractivity (Wildman–Crippen MR) is 238 cm³/mol. The number of aliphatic hydroxyl groups excluding tert-OH is 1. The van der Waals surface area contributed by atoms with E-state index < -0.39 is 96.8 Å². The Labute approximate surface area is 376 Å². The number of amides is 8. The van der Waals surface area contributed by atoms with Crippen molar-refractivity contribution in [3.63, 3.8) is 0 Å². The van der Waals surface area contributed by atoms with E-state index in [-0.39, 0.29) is 75.7 Å². The number of urea groups is 1. The topological polar surface area (TPSA) is 398 Å². The minimum absolute atomic E-state index is 0.00297. The number of carbonyl (C=O) groups is 8. The van der Waals surface area contributed by atoms with Gasteiger partial charge in [-0.15, -0.1) is 0 Å². The van der Waals surface area contributed by atoms with Crippen molar-refractivity contribution in [3.05, 3.63) is 65.7 Å². The van der Waals surface area contributed by atoms with Crippen LogP contribution in [0.2, 0.25) is 0 Å². The number of aliphatic hydroxyl groups is 1. The van der Waals surface area contributed by atoms with Crippen molar-refractivity contribution in [2.24, 2.45) is 33.8 Å². The third kappa shape index (κ3) is 21.8. The molecule has 0 heterocycles. The summed E-state index contributed by atoms with van der Waals surface area (Å²) in [4.78, 5) is 108. The first-order valence-corrected chi connectivity index (χ1v) is 21.1. The van der Waals surface area contributed by atoms with Gasteiger partial charge >= 0.3 is 12.0 Å². The first kappa shape index (κ1) is 54.1. The maximum Gasteiger partial charge on any atom is 0.326 e. The SMILES string of the molecule is CC(C)C[C@H](NC(=O)[C@H](Cc1ccc(O)cc1)NC(=O)[C@H](CCc1ccccc1)NC(=O)CNC(=O)[C@H](CCCNC(N)=O)NC(=O)[C@H](CO)NC(=O)[C@@H](N)CCCN=C(N)N)C(=O)O. The molecule has 0 radical (unpaired) electrons. The number of nitrogens with two attached hydrogens (primary N) is 4. The molecule has 0 saturated carbocycles. The Hall–Kier alpha value is -7.01. The Bertz CT molecular complexity index is 1910. The van der Waals surface area contributed by atoms with E-state index in [4.69, 9.17) is 22.9 Å². The number of aryl methyl sites for hydroxylation is 1. The van der Waals surface area contributed by atoms with Crippen molar-refractivity contribution in [1.29, 1.82) is 0 Å². The lowest BCUT2D eigenvalue weighted by molar-refractivity contribution is -0.142. The van der Waals surface area contributed by atoms with Crippen LogP contribution in [0.4, 0.5) is 4.79 Å². The van der Waals surface area contributed by atoms with Crippen molar-refractivity contribution in [1.82, 2.24) is 37.2 Å². The summed E-state index contributed by atoms with van der Waals surface area (Å²) in [5.74, 6) is -6.61. The number of hydrogen-bond donors (Lipinski definition) is 14. The number of aliphatic imine (C=N–C) groups is 1. The highest BCUT2D eigenvalue weighted by atomic mass is 16.4. The maximum absolute atomic E-state index is 14.0. The molecule has 8 amide bonds. The summed E-state index contributed by atoms with van der Waals surface area (Å²) in [5, 5.41) is 46.8. The Morgan fingerprint density at radius 2 is 1.23 bits per heavy atom. The fourth-order valence-corrected chi connectivity index (χ4v) is 6.26. The first-order valence-electron chi connectivity index (χ1n) is 21.1. The molecule has 65 heavy (non-hydrogen) atoms. The van der Waals surface area contributed by atoms with Gasteiger partial charge in [0.05, 0.1) is 19.2 Å². The van der Waals surface area contributed by atoms with Crippen LogP contribution in [-0.2, 0) is 46.4 Å². The molecule has 0 saturated heterocycles. The number of guanidine groups is 1. The normalized spacial score (nSPS) is 13.6. The third-order valence-electron chi connectivity index (χ3n) is 9.69. The van der Waals surface area contributed by atoms with Gasteiger partial charge in [-0.1, -0.05) is 56.3 Å². The molecule has 0 fully saturated rings. The van der Waals surface area contributed by atoms with Gasteiger partial charge in [0.1, 0.15) is 36.0 Å². The van der Waals surface area contributed by atoms with E-state index >= 15 is 0 Å². The molecule has 23 heteroatoms. The fourth-order valence-electron chi connectivity index (χ4n) is 6.26. The maximum atomic E-state index is 14.0. The van der Waals surface area contributed by atoms with Crippen molar-refractivity contribution in [3.8, 4) is 5.75 Å². The monoisotopic (exact) mass is 912 g/mol. The van der Waals surface area contributed by atoms with E-state index in [2.05, 4.69) is 42.2 Å². The highest BCUT2D eigenvalue weighted by Gasteiger charge is 2.31. The standard InChI is InChI=1S/C42H64N12O11/c1-24(2)20-32(40(63)64)53-38(61)31(21-26-12-15-27(56)16-13-26)52-37(60)30(17-14-25-8-4-3-5-9-25)50-34(57)22-49-36(59)29(11-7-19-48-42(46)65)51-39(62)33(23-55)54-35(58)28(43)10-6-18-47-41(44)45/h3-5,8-9,12-13,15-16,24,28-33,55-56H,6-7,10-11,14,17-23,43H2,1-2H3,(H,49,59)(H,50,57)(H,51,62)(H,52,60)(H,53,61)(H,54,58)(H,63,64)(H4,44,45,47)(H3,46,48,65)/t28-,29-,30-,31-,32-,33-/m0/s1. The number of primary amides is 1. The van der Waals surface area contributed by atoms with Crippen LogP contribution in [0.15, 0.2) is 59.6 Å². The summed E-state index contributed by atoms with van der Waals surface area (Å²) in [5.41, 5.74) is 23.0. The minimum atomic E-state index is -1.54. The second kappa shape index (κ2) is 28.6. The second-order valence-corrected chi connectivity index (χ2v) is 15.6. The van der Waals surface area contributed by atoms with E-state index in [1.165, 1.54) is 24.3 Å². The average molecular weight is 913 g/mol. The number of carboxylic acid groups (broad SMARTS) is 1. The first-order chi connectivity index (χ1) is 30.8. The number of carboxylic acids is 1. The number of phenolic OH excluding ortho intramolecular Hbond substituents is 1. The van der Waals surface area contributed by atoms with Gasteiger partial charge < -0.3 is 75.5 Å². The van der Waals surface area contributed by atoms with Crippen molar-refractivity contribution < 1.29 is 53.7 Å². The van der Waals surface area contributed by atoms with Gasteiger partial charge in [-0.05, 0) is 74.1 Å². The zero-order chi connectivity index (χ0) is 48.5. The van der Waals surface area contributed by atoms with Crippen LogP contribution in [0.3, 0.4) is 0 Å². The van der Waals surface area contributed by atoms with Gasteiger partial charge in [-0.3, -0.25) is 33.8 Å². The third-order valence-corrected chi connectivity index (χ3v) is 9.69. The number of aliphatic carboxylic acids is 1. The van der Waals surface area contributed by atoms with Crippen LogP contribution in [0.1, 0.15) is 63.5 Å².